The monoisotopic (exact) mass is 269 g/mol. The molecule has 0 radical (unpaired) electrons. The molecule has 0 bridgehead atoms. The van der Waals surface area contributed by atoms with Gasteiger partial charge in [0, 0.05) is 11.9 Å². The highest BCUT2D eigenvalue weighted by atomic mass is 16.2. The van der Waals surface area contributed by atoms with E-state index in [2.05, 4.69) is 35.5 Å². The maximum absolute atomic E-state index is 11.8. The van der Waals surface area contributed by atoms with Crippen LogP contribution >= 0.6 is 0 Å². The lowest BCUT2D eigenvalue weighted by Crippen LogP contribution is -2.28. The van der Waals surface area contributed by atoms with Crippen molar-refractivity contribution in [1.29, 1.82) is 0 Å². The van der Waals surface area contributed by atoms with Gasteiger partial charge in [-0.15, -0.1) is 0 Å². The van der Waals surface area contributed by atoms with Crippen LogP contribution in [-0.2, 0) is 6.54 Å². The van der Waals surface area contributed by atoms with Gasteiger partial charge in [-0.3, -0.25) is 4.98 Å². The molecule has 0 aliphatic carbocycles. The summed E-state index contributed by atoms with van der Waals surface area (Å²) in [5, 5.41) is 5.61. The van der Waals surface area contributed by atoms with Crippen LogP contribution in [0.3, 0.4) is 0 Å². The standard InChI is InChI=1S/C16H19N3O/c1-12(2)13-6-5-8-14(10-13)19-16(20)18-11-15-7-3-4-9-17-15/h3-10,12H,11H2,1-2H3,(H2,18,19,20). The van der Waals surface area contributed by atoms with Gasteiger partial charge in [-0.25, -0.2) is 4.79 Å². The largest absolute Gasteiger partial charge is 0.332 e. The number of anilines is 1. The molecular weight excluding hydrogens is 250 g/mol. The van der Waals surface area contributed by atoms with Gasteiger partial charge in [-0.2, -0.15) is 0 Å². The van der Waals surface area contributed by atoms with Crippen molar-refractivity contribution in [1.82, 2.24) is 10.3 Å². The molecule has 104 valence electrons. The van der Waals surface area contributed by atoms with Crippen molar-refractivity contribution in [2.75, 3.05) is 5.32 Å². The number of carbonyl (C=O) groups is 1. The first-order valence-corrected chi connectivity index (χ1v) is 6.70. The first kappa shape index (κ1) is 14.1. The van der Waals surface area contributed by atoms with Gasteiger partial charge in [0.25, 0.3) is 0 Å². The zero-order valence-corrected chi connectivity index (χ0v) is 11.8. The third-order valence-corrected chi connectivity index (χ3v) is 2.97. The molecule has 0 unspecified atom stereocenters. The topological polar surface area (TPSA) is 54.0 Å². The van der Waals surface area contributed by atoms with Gasteiger partial charge in [-0.05, 0) is 35.7 Å². The lowest BCUT2D eigenvalue weighted by molar-refractivity contribution is 0.251. The fourth-order valence-corrected chi connectivity index (χ4v) is 1.82. The van der Waals surface area contributed by atoms with E-state index in [1.165, 1.54) is 5.56 Å². The first-order chi connectivity index (χ1) is 9.65. The predicted molar refractivity (Wildman–Crippen MR) is 80.6 cm³/mol. The molecule has 4 nitrogen and oxygen atoms in total. The molecule has 0 saturated heterocycles. The fourth-order valence-electron chi connectivity index (χ4n) is 1.82. The third kappa shape index (κ3) is 4.09. The lowest BCUT2D eigenvalue weighted by atomic mass is 10.0. The maximum Gasteiger partial charge on any atom is 0.319 e. The van der Waals surface area contributed by atoms with E-state index in [0.717, 1.165) is 11.4 Å². The lowest BCUT2D eigenvalue weighted by Gasteiger charge is -2.10. The van der Waals surface area contributed by atoms with Gasteiger partial charge in [0.15, 0.2) is 0 Å². The molecule has 0 spiro atoms. The second kappa shape index (κ2) is 6.70. The van der Waals surface area contributed by atoms with Crippen LogP contribution in [0, 0.1) is 0 Å². The Morgan fingerprint density at radius 2 is 2.05 bits per heavy atom. The van der Waals surface area contributed by atoms with Crippen molar-refractivity contribution in [3.63, 3.8) is 0 Å². The van der Waals surface area contributed by atoms with E-state index in [1.807, 2.05) is 36.4 Å². The Bertz CT molecular complexity index is 567. The number of carbonyl (C=O) groups excluding carboxylic acids is 1. The fraction of sp³-hybridized carbons (Fsp3) is 0.250. The van der Waals surface area contributed by atoms with Crippen LogP contribution in [0.15, 0.2) is 48.7 Å². The number of pyridine rings is 1. The van der Waals surface area contributed by atoms with E-state index in [-0.39, 0.29) is 6.03 Å². The van der Waals surface area contributed by atoms with Crippen molar-refractivity contribution in [3.05, 3.63) is 59.9 Å². The van der Waals surface area contributed by atoms with Crippen LogP contribution in [0.1, 0.15) is 31.0 Å². The molecule has 0 atom stereocenters. The number of hydrogen-bond donors (Lipinski definition) is 2. The van der Waals surface area contributed by atoms with E-state index in [4.69, 9.17) is 0 Å². The van der Waals surface area contributed by atoms with E-state index in [0.29, 0.717) is 12.5 Å². The summed E-state index contributed by atoms with van der Waals surface area (Å²) in [5.41, 5.74) is 2.83. The normalized spacial score (nSPS) is 10.3. The van der Waals surface area contributed by atoms with Crippen molar-refractivity contribution >= 4 is 11.7 Å². The van der Waals surface area contributed by atoms with Gasteiger partial charge < -0.3 is 10.6 Å². The highest BCUT2D eigenvalue weighted by Crippen LogP contribution is 2.18. The average Bonchev–Trinajstić information content (AvgIpc) is 2.46. The summed E-state index contributed by atoms with van der Waals surface area (Å²) in [4.78, 5) is 16.0. The van der Waals surface area contributed by atoms with Crippen LogP contribution in [-0.4, -0.2) is 11.0 Å². The molecular formula is C16H19N3O. The minimum absolute atomic E-state index is 0.225. The van der Waals surface area contributed by atoms with Gasteiger partial charge >= 0.3 is 6.03 Å². The molecule has 4 heteroatoms. The van der Waals surface area contributed by atoms with Gasteiger partial charge in [0.2, 0.25) is 0 Å². The number of nitrogens with zero attached hydrogens (tertiary/aromatic N) is 1. The number of urea groups is 1. The zero-order chi connectivity index (χ0) is 14.4. The van der Waals surface area contributed by atoms with Crippen LogP contribution in [0.2, 0.25) is 0 Å². The average molecular weight is 269 g/mol. The Morgan fingerprint density at radius 1 is 1.20 bits per heavy atom. The molecule has 2 amide bonds. The summed E-state index contributed by atoms with van der Waals surface area (Å²) in [6, 6.07) is 13.3. The van der Waals surface area contributed by atoms with E-state index < -0.39 is 0 Å². The van der Waals surface area contributed by atoms with Crippen LogP contribution < -0.4 is 10.6 Å². The number of nitrogens with one attached hydrogen (secondary N) is 2. The summed E-state index contributed by atoms with van der Waals surface area (Å²) in [6.07, 6.45) is 1.71. The molecule has 0 saturated carbocycles. The second-order valence-corrected chi connectivity index (χ2v) is 4.91. The van der Waals surface area contributed by atoms with E-state index in [9.17, 15) is 4.79 Å². The molecule has 2 N–H and O–H groups in total. The van der Waals surface area contributed by atoms with Crippen LogP contribution in [0.5, 0.6) is 0 Å². The smallest absolute Gasteiger partial charge is 0.319 e. The summed E-state index contributed by atoms with van der Waals surface area (Å²) < 4.78 is 0. The number of aromatic nitrogens is 1. The zero-order valence-electron chi connectivity index (χ0n) is 11.8. The van der Waals surface area contributed by atoms with E-state index >= 15 is 0 Å². The van der Waals surface area contributed by atoms with Crippen LogP contribution in [0.25, 0.3) is 0 Å². The molecule has 0 aliphatic rings. The SMILES string of the molecule is CC(C)c1cccc(NC(=O)NCc2ccccn2)c1. The minimum atomic E-state index is -0.225. The second-order valence-electron chi connectivity index (χ2n) is 4.91. The molecule has 2 rings (SSSR count). The Balaban J connectivity index is 1.90. The maximum atomic E-state index is 11.8. The van der Waals surface area contributed by atoms with Gasteiger partial charge in [0.1, 0.15) is 0 Å². The number of amides is 2. The Labute approximate surface area is 119 Å². The highest BCUT2D eigenvalue weighted by molar-refractivity contribution is 5.89. The molecule has 0 aliphatic heterocycles. The van der Waals surface area contributed by atoms with Gasteiger partial charge in [0.05, 0.1) is 12.2 Å². The highest BCUT2D eigenvalue weighted by Gasteiger charge is 2.04. The predicted octanol–water partition coefficient (Wildman–Crippen LogP) is 3.53. The Kier molecular flexibility index (Phi) is 4.71. The first-order valence-electron chi connectivity index (χ1n) is 6.70. The van der Waals surface area contributed by atoms with Crippen molar-refractivity contribution in [2.24, 2.45) is 0 Å². The number of benzene rings is 1. The Morgan fingerprint density at radius 3 is 2.75 bits per heavy atom. The molecule has 0 fully saturated rings. The molecule has 1 aromatic carbocycles. The number of rotatable bonds is 4. The summed E-state index contributed by atoms with van der Waals surface area (Å²) in [7, 11) is 0. The summed E-state index contributed by atoms with van der Waals surface area (Å²) in [6.45, 7) is 4.66. The molecule has 1 heterocycles. The molecule has 1 aromatic heterocycles. The minimum Gasteiger partial charge on any atom is -0.332 e. The van der Waals surface area contributed by atoms with Crippen LogP contribution in [0.4, 0.5) is 10.5 Å². The van der Waals surface area contributed by atoms with E-state index in [1.54, 1.807) is 6.20 Å². The van der Waals surface area contributed by atoms with Crippen molar-refractivity contribution in [2.45, 2.75) is 26.3 Å². The summed E-state index contributed by atoms with van der Waals surface area (Å²) in [5.74, 6) is 0.438. The quantitative estimate of drug-likeness (QED) is 0.892. The molecule has 2 aromatic rings. The van der Waals surface area contributed by atoms with Crippen molar-refractivity contribution in [3.8, 4) is 0 Å². The van der Waals surface area contributed by atoms with Crippen molar-refractivity contribution < 1.29 is 4.79 Å². The summed E-state index contributed by atoms with van der Waals surface area (Å²) >= 11 is 0. The third-order valence-electron chi connectivity index (χ3n) is 2.97. The van der Waals surface area contributed by atoms with Gasteiger partial charge in [-0.1, -0.05) is 32.0 Å². The Hall–Kier alpha value is -2.36. The number of hydrogen-bond acceptors (Lipinski definition) is 2. The molecule has 20 heavy (non-hydrogen) atoms.